The average Bonchev–Trinajstić information content (AvgIpc) is 3.08. The minimum Gasteiger partial charge on any atom is -0.352 e. The molecule has 0 atom stereocenters. The summed E-state index contributed by atoms with van der Waals surface area (Å²) in [5, 5.41) is 10.4. The van der Waals surface area contributed by atoms with Crippen molar-refractivity contribution < 1.29 is 18.0 Å². The number of halogens is 3. The number of fused-ring (bicyclic) bond motifs is 1. The van der Waals surface area contributed by atoms with Crippen molar-refractivity contribution in [3.63, 3.8) is 0 Å². The number of hydrogen-bond donors (Lipinski definition) is 2. The van der Waals surface area contributed by atoms with E-state index < -0.39 is 17.5 Å². The van der Waals surface area contributed by atoms with Gasteiger partial charge in [-0.15, -0.1) is 0 Å². The quantitative estimate of drug-likeness (QED) is 0.535. The van der Waals surface area contributed by atoms with Crippen LogP contribution in [0.2, 0.25) is 0 Å². The number of carbonyl (C=O) groups is 1. The third-order valence-corrected chi connectivity index (χ3v) is 4.57. The molecule has 0 bridgehead atoms. The van der Waals surface area contributed by atoms with Crippen molar-refractivity contribution >= 4 is 16.8 Å². The lowest BCUT2D eigenvalue weighted by molar-refractivity contribution is 0.0953. The summed E-state index contributed by atoms with van der Waals surface area (Å²) in [6.07, 6.45) is 3.06. The number of amides is 1. The summed E-state index contributed by atoms with van der Waals surface area (Å²) in [7, 11) is 0. The molecule has 4 rings (SSSR count). The van der Waals surface area contributed by atoms with Crippen LogP contribution >= 0.6 is 0 Å². The van der Waals surface area contributed by atoms with Gasteiger partial charge in [-0.1, -0.05) is 0 Å². The molecule has 0 radical (unpaired) electrons. The highest BCUT2D eigenvalue weighted by molar-refractivity contribution is 5.94. The highest BCUT2D eigenvalue weighted by atomic mass is 19.1. The van der Waals surface area contributed by atoms with Crippen molar-refractivity contribution in [3.05, 3.63) is 83.4 Å². The number of H-pyrrole nitrogens is 1. The Morgan fingerprint density at radius 2 is 1.79 bits per heavy atom. The Labute approximate surface area is 163 Å². The molecule has 1 amide bonds. The number of carbonyl (C=O) groups excluding carboxylic acids is 1. The molecule has 5 nitrogen and oxygen atoms in total. The Morgan fingerprint density at radius 3 is 2.52 bits per heavy atom. The number of nitrogens with zero attached hydrogens (tertiary/aromatic N) is 2. The minimum atomic E-state index is -0.721. The van der Waals surface area contributed by atoms with Crippen molar-refractivity contribution in [1.29, 1.82) is 0 Å². The number of aromatic amines is 1. The molecule has 8 heteroatoms. The van der Waals surface area contributed by atoms with Gasteiger partial charge in [0.15, 0.2) is 0 Å². The molecule has 0 aliphatic carbocycles. The summed E-state index contributed by atoms with van der Waals surface area (Å²) >= 11 is 0. The fourth-order valence-corrected chi connectivity index (χ4v) is 3.22. The molecule has 2 aromatic heterocycles. The van der Waals surface area contributed by atoms with E-state index in [1.165, 1.54) is 36.7 Å². The van der Waals surface area contributed by atoms with E-state index in [1.54, 1.807) is 12.1 Å². The van der Waals surface area contributed by atoms with Crippen molar-refractivity contribution in [2.45, 2.75) is 6.42 Å². The van der Waals surface area contributed by atoms with Gasteiger partial charge in [0.1, 0.15) is 17.5 Å². The molecule has 0 unspecified atom stereocenters. The second-order valence-corrected chi connectivity index (χ2v) is 6.43. The summed E-state index contributed by atoms with van der Waals surface area (Å²) < 4.78 is 41.4. The van der Waals surface area contributed by atoms with E-state index in [-0.39, 0.29) is 18.0 Å². The van der Waals surface area contributed by atoms with Gasteiger partial charge in [0.05, 0.1) is 23.5 Å². The van der Waals surface area contributed by atoms with Gasteiger partial charge in [0.25, 0.3) is 5.91 Å². The predicted octanol–water partition coefficient (Wildman–Crippen LogP) is 4.01. The number of rotatable bonds is 5. The Hall–Kier alpha value is -3.68. The standard InChI is InChI=1S/C21H15F3N4O/c22-14-3-1-12(2-4-14)19-16(17-9-15(23)10-18(24)20(17)28-19)6-7-25-21(29)13-5-8-26-27-11-13/h1-5,8-11,28H,6-7H2,(H,25,29). The topological polar surface area (TPSA) is 70.7 Å². The van der Waals surface area contributed by atoms with E-state index in [2.05, 4.69) is 20.5 Å². The Morgan fingerprint density at radius 1 is 1.00 bits per heavy atom. The van der Waals surface area contributed by atoms with Crippen molar-refractivity contribution in [2.24, 2.45) is 0 Å². The molecule has 2 N–H and O–H groups in total. The first-order valence-electron chi connectivity index (χ1n) is 8.83. The van der Waals surface area contributed by atoms with Gasteiger partial charge in [-0.2, -0.15) is 10.2 Å². The van der Waals surface area contributed by atoms with Crippen LogP contribution in [0.4, 0.5) is 13.2 Å². The van der Waals surface area contributed by atoms with Crippen LogP contribution in [0.15, 0.2) is 54.9 Å². The predicted molar refractivity (Wildman–Crippen MR) is 102 cm³/mol. The van der Waals surface area contributed by atoms with Gasteiger partial charge in [-0.05, 0) is 53.9 Å². The molecule has 0 aliphatic rings. The monoisotopic (exact) mass is 396 g/mol. The van der Waals surface area contributed by atoms with Gasteiger partial charge >= 0.3 is 0 Å². The van der Waals surface area contributed by atoms with Crippen LogP contribution in [-0.2, 0) is 6.42 Å². The zero-order chi connectivity index (χ0) is 20.4. The van der Waals surface area contributed by atoms with Crippen LogP contribution in [0.5, 0.6) is 0 Å². The lowest BCUT2D eigenvalue weighted by Gasteiger charge is -2.08. The van der Waals surface area contributed by atoms with Crippen molar-refractivity contribution in [2.75, 3.05) is 6.54 Å². The first-order valence-corrected chi connectivity index (χ1v) is 8.83. The maximum Gasteiger partial charge on any atom is 0.252 e. The first kappa shape index (κ1) is 18.7. The number of benzene rings is 2. The number of nitrogens with one attached hydrogen (secondary N) is 2. The third kappa shape index (κ3) is 3.82. The van der Waals surface area contributed by atoms with Gasteiger partial charge in [0.2, 0.25) is 0 Å². The van der Waals surface area contributed by atoms with Gasteiger partial charge in [-0.3, -0.25) is 4.79 Å². The van der Waals surface area contributed by atoms with Gasteiger partial charge < -0.3 is 10.3 Å². The van der Waals surface area contributed by atoms with E-state index in [9.17, 15) is 18.0 Å². The summed E-state index contributed by atoms with van der Waals surface area (Å²) in [5.41, 5.74) is 2.31. The first-order chi connectivity index (χ1) is 14.0. The van der Waals surface area contributed by atoms with Crippen LogP contribution in [0, 0.1) is 17.5 Å². The summed E-state index contributed by atoms with van der Waals surface area (Å²) in [4.78, 5) is 15.2. The lowest BCUT2D eigenvalue weighted by atomic mass is 10.0. The molecular weight excluding hydrogens is 381 g/mol. The van der Waals surface area contributed by atoms with E-state index >= 15 is 0 Å². The van der Waals surface area contributed by atoms with E-state index in [0.29, 0.717) is 34.2 Å². The van der Waals surface area contributed by atoms with Crippen LogP contribution in [-0.4, -0.2) is 27.6 Å². The molecule has 0 aliphatic heterocycles. The molecule has 2 aromatic carbocycles. The third-order valence-electron chi connectivity index (χ3n) is 4.57. The summed E-state index contributed by atoms with van der Waals surface area (Å²) in [5.74, 6) is -2.16. The number of hydrogen-bond acceptors (Lipinski definition) is 3. The summed E-state index contributed by atoms with van der Waals surface area (Å²) in [6.45, 7) is 0.223. The molecule has 0 saturated heterocycles. The molecule has 0 saturated carbocycles. The van der Waals surface area contributed by atoms with Crippen LogP contribution in [0.1, 0.15) is 15.9 Å². The lowest BCUT2D eigenvalue weighted by Crippen LogP contribution is -2.25. The molecule has 2 heterocycles. The highest BCUT2D eigenvalue weighted by Gasteiger charge is 2.17. The zero-order valence-electron chi connectivity index (χ0n) is 15.0. The van der Waals surface area contributed by atoms with E-state index in [4.69, 9.17) is 0 Å². The smallest absolute Gasteiger partial charge is 0.252 e. The normalized spacial score (nSPS) is 11.0. The Balaban J connectivity index is 1.67. The maximum absolute atomic E-state index is 14.3. The van der Waals surface area contributed by atoms with Crippen molar-refractivity contribution in [1.82, 2.24) is 20.5 Å². The van der Waals surface area contributed by atoms with Crippen molar-refractivity contribution in [3.8, 4) is 11.3 Å². The molecular formula is C21H15F3N4O. The Kier molecular flexibility index (Phi) is 4.99. The fourth-order valence-electron chi connectivity index (χ4n) is 3.22. The summed E-state index contributed by atoms with van der Waals surface area (Å²) in [6, 6.07) is 9.27. The largest absolute Gasteiger partial charge is 0.352 e. The second kappa shape index (κ2) is 7.75. The SMILES string of the molecule is O=C(NCCc1c(-c2ccc(F)cc2)[nH]c2c(F)cc(F)cc12)c1ccnnc1. The molecule has 0 spiro atoms. The van der Waals surface area contributed by atoms with E-state index in [0.717, 1.165) is 6.07 Å². The maximum atomic E-state index is 14.3. The number of aromatic nitrogens is 3. The molecule has 4 aromatic rings. The molecule has 146 valence electrons. The highest BCUT2D eigenvalue weighted by Crippen LogP contribution is 2.32. The second-order valence-electron chi connectivity index (χ2n) is 6.43. The van der Waals surface area contributed by atoms with Gasteiger partial charge in [0, 0.05) is 23.7 Å². The van der Waals surface area contributed by atoms with E-state index in [1.807, 2.05) is 0 Å². The average molecular weight is 396 g/mol. The Bertz CT molecular complexity index is 1170. The zero-order valence-corrected chi connectivity index (χ0v) is 15.0. The van der Waals surface area contributed by atoms with Crippen LogP contribution in [0.25, 0.3) is 22.2 Å². The fraction of sp³-hybridized carbons (Fsp3) is 0.0952. The minimum absolute atomic E-state index is 0.158. The van der Waals surface area contributed by atoms with Crippen LogP contribution < -0.4 is 5.32 Å². The molecule has 0 fully saturated rings. The molecule has 29 heavy (non-hydrogen) atoms. The van der Waals surface area contributed by atoms with Gasteiger partial charge in [-0.25, -0.2) is 13.2 Å². The van der Waals surface area contributed by atoms with Crippen LogP contribution in [0.3, 0.4) is 0 Å².